The Labute approximate surface area is 171 Å². The van der Waals surface area contributed by atoms with Crippen LogP contribution in [0.15, 0.2) is 30.5 Å². The molecule has 1 fully saturated rings. The van der Waals surface area contributed by atoms with Crippen LogP contribution in [0, 0.1) is 6.92 Å². The van der Waals surface area contributed by atoms with E-state index in [1.54, 1.807) is 6.92 Å². The number of amides is 1. The monoisotopic (exact) mass is 414 g/mol. The van der Waals surface area contributed by atoms with Crippen molar-refractivity contribution < 1.29 is 23.0 Å². The molecule has 1 saturated carbocycles. The first-order valence-electron chi connectivity index (χ1n) is 9.83. The molecule has 0 spiro atoms. The van der Waals surface area contributed by atoms with Crippen LogP contribution < -0.4 is 14.8 Å². The second-order valence-corrected chi connectivity index (χ2v) is 7.73. The molecule has 0 bridgehead atoms. The van der Waals surface area contributed by atoms with Crippen molar-refractivity contribution in [3.8, 4) is 11.5 Å². The van der Waals surface area contributed by atoms with Gasteiger partial charge in [0.05, 0.1) is 11.7 Å². The first-order chi connectivity index (χ1) is 14.5. The smallest absolute Gasteiger partial charge is 0.280 e. The van der Waals surface area contributed by atoms with E-state index in [4.69, 9.17) is 9.47 Å². The van der Waals surface area contributed by atoms with Gasteiger partial charge < -0.3 is 14.8 Å². The maximum atomic E-state index is 13.4. The predicted octanol–water partition coefficient (Wildman–Crippen LogP) is 3.90. The zero-order chi connectivity index (χ0) is 20.9. The number of nitrogens with zero attached hydrogens (tertiary/aromatic N) is 3. The molecule has 9 heteroatoms. The highest BCUT2D eigenvalue weighted by Crippen LogP contribution is 2.43. The number of benzene rings is 1. The second-order valence-electron chi connectivity index (χ2n) is 7.73. The van der Waals surface area contributed by atoms with E-state index >= 15 is 0 Å². The van der Waals surface area contributed by atoms with Gasteiger partial charge in [-0.3, -0.25) is 4.79 Å². The fourth-order valence-electron chi connectivity index (χ4n) is 4.37. The highest BCUT2D eigenvalue weighted by molar-refractivity contribution is 6.00. The summed E-state index contributed by atoms with van der Waals surface area (Å²) in [6.45, 7) is 1.80. The third-order valence-corrected chi connectivity index (χ3v) is 5.83. The molecule has 1 aliphatic heterocycles. The van der Waals surface area contributed by atoms with Crippen LogP contribution >= 0.6 is 0 Å². The van der Waals surface area contributed by atoms with Gasteiger partial charge in [0.25, 0.3) is 12.3 Å². The van der Waals surface area contributed by atoms with Crippen molar-refractivity contribution in [2.75, 3.05) is 6.79 Å². The summed E-state index contributed by atoms with van der Waals surface area (Å²) < 4.78 is 38.7. The van der Waals surface area contributed by atoms with E-state index in [9.17, 15) is 13.6 Å². The molecule has 2 aliphatic rings. The van der Waals surface area contributed by atoms with Gasteiger partial charge in [-0.15, -0.1) is 0 Å². The molecule has 30 heavy (non-hydrogen) atoms. The zero-order valence-corrected chi connectivity index (χ0v) is 16.3. The zero-order valence-electron chi connectivity index (χ0n) is 16.3. The van der Waals surface area contributed by atoms with E-state index in [-0.39, 0.29) is 29.6 Å². The average molecular weight is 414 g/mol. The minimum atomic E-state index is -2.72. The van der Waals surface area contributed by atoms with Gasteiger partial charge in [-0.25, -0.2) is 18.3 Å². The third-order valence-electron chi connectivity index (χ3n) is 5.83. The number of aryl methyl sites for hydroxylation is 1. The molecule has 7 nitrogen and oxygen atoms in total. The highest BCUT2D eigenvalue weighted by atomic mass is 19.3. The molecule has 0 unspecified atom stereocenters. The van der Waals surface area contributed by atoms with Crippen molar-refractivity contribution in [2.24, 2.45) is 0 Å². The number of fused-ring (bicyclic) bond motifs is 2. The molecular formula is C21H20F2N4O3. The van der Waals surface area contributed by atoms with Gasteiger partial charge in [-0.2, -0.15) is 5.10 Å². The molecule has 1 aliphatic carbocycles. The molecule has 1 N–H and O–H groups in total. The van der Waals surface area contributed by atoms with Crippen molar-refractivity contribution in [2.45, 2.75) is 44.6 Å². The van der Waals surface area contributed by atoms with Gasteiger partial charge in [0.15, 0.2) is 17.1 Å². The Morgan fingerprint density at radius 1 is 1.20 bits per heavy atom. The number of nitrogens with one attached hydrogen (secondary N) is 1. The summed E-state index contributed by atoms with van der Waals surface area (Å²) in [5.41, 5.74) is 0.782. The van der Waals surface area contributed by atoms with Crippen molar-refractivity contribution in [1.82, 2.24) is 19.9 Å². The molecule has 0 radical (unpaired) electrons. The summed E-state index contributed by atoms with van der Waals surface area (Å²) in [6.07, 6.45) is 2.05. The Bertz CT molecular complexity index is 1140. The molecule has 2 aromatic heterocycles. The molecule has 3 heterocycles. The number of carbonyl (C=O) groups is 1. The molecule has 156 valence electrons. The second kappa shape index (κ2) is 6.93. The van der Waals surface area contributed by atoms with Crippen molar-refractivity contribution in [3.63, 3.8) is 0 Å². The first kappa shape index (κ1) is 18.8. The Morgan fingerprint density at radius 3 is 2.73 bits per heavy atom. The lowest BCUT2D eigenvalue weighted by molar-refractivity contribution is 0.0899. The summed E-state index contributed by atoms with van der Waals surface area (Å²) in [7, 11) is 0. The maximum Gasteiger partial charge on any atom is 0.280 e. The third kappa shape index (κ3) is 2.96. The molecular weight excluding hydrogens is 394 g/mol. The average Bonchev–Trinajstić information content (AvgIpc) is 3.46. The summed E-state index contributed by atoms with van der Waals surface area (Å²) in [4.78, 5) is 17.5. The minimum absolute atomic E-state index is 0.127. The topological polar surface area (TPSA) is 77.8 Å². The molecule has 0 saturated heterocycles. The van der Waals surface area contributed by atoms with Crippen LogP contribution in [0.4, 0.5) is 8.78 Å². The molecule has 5 rings (SSSR count). The summed E-state index contributed by atoms with van der Waals surface area (Å²) in [6, 6.07) is 6.96. The van der Waals surface area contributed by atoms with Gasteiger partial charge in [0, 0.05) is 5.69 Å². The van der Waals surface area contributed by atoms with Crippen LogP contribution in [-0.2, 0) is 5.54 Å². The number of carbonyl (C=O) groups excluding carboxylic acids is 1. The van der Waals surface area contributed by atoms with Gasteiger partial charge >= 0.3 is 0 Å². The van der Waals surface area contributed by atoms with Gasteiger partial charge in [-0.1, -0.05) is 18.9 Å². The van der Waals surface area contributed by atoms with E-state index in [1.165, 1.54) is 12.3 Å². The quantitative estimate of drug-likeness (QED) is 0.701. The largest absolute Gasteiger partial charge is 0.454 e. The fraction of sp³-hybridized carbons (Fsp3) is 0.381. The van der Waals surface area contributed by atoms with Gasteiger partial charge in [-0.05, 0) is 43.5 Å². The van der Waals surface area contributed by atoms with Crippen LogP contribution in [0.3, 0.4) is 0 Å². The molecule has 1 aromatic carbocycles. The predicted molar refractivity (Wildman–Crippen MR) is 103 cm³/mol. The Morgan fingerprint density at radius 2 is 1.97 bits per heavy atom. The lowest BCUT2D eigenvalue weighted by Crippen LogP contribution is -2.43. The number of aromatic nitrogens is 3. The van der Waals surface area contributed by atoms with Crippen molar-refractivity contribution in [1.29, 1.82) is 0 Å². The SMILES string of the molecule is Cc1cc(C(F)F)n2ncc(C(=O)NC3(c4ccc5c(c4)OCO5)CCCC3)c2n1. The summed E-state index contributed by atoms with van der Waals surface area (Å²) >= 11 is 0. The van der Waals surface area contributed by atoms with E-state index in [0.29, 0.717) is 17.2 Å². The number of rotatable bonds is 4. The number of halogens is 2. The van der Waals surface area contributed by atoms with Crippen LogP contribution in [0.5, 0.6) is 11.5 Å². The summed E-state index contributed by atoms with van der Waals surface area (Å²) in [5, 5.41) is 7.14. The van der Waals surface area contributed by atoms with Gasteiger partial charge in [0.1, 0.15) is 11.3 Å². The number of hydrogen-bond acceptors (Lipinski definition) is 5. The van der Waals surface area contributed by atoms with Gasteiger partial charge in [0.2, 0.25) is 6.79 Å². The maximum absolute atomic E-state index is 13.4. The first-order valence-corrected chi connectivity index (χ1v) is 9.83. The molecule has 0 atom stereocenters. The number of ether oxygens (including phenoxy) is 2. The Balaban J connectivity index is 1.52. The standard InChI is InChI=1S/C21H20F2N4O3/c1-12-8-15(18(22)23)27-19(25-12)14(10-24-27)20(28)26-21(6-2-3-7-21)13-4-5-16-17(9-13)30-11-29-16/h4-5,8-10,18H,2-3,6-7,11H2,1H3,(H,26,28). The van der Waals surface area contributed by atoms with E-state index < -0.39 is 12.0 Å². The normalized spacial score (nSPS) is 17.1. The van der Waals surface area contributed by atoms with Crippen LogP contribution in [0.25, 0.3) is 5.65 Å². The molecule has 3 aromatic rings. The summed E-state index contributed by atoms with van der Waals surface area (Å²) in [5.74, 6) is 0.950. The minimum Gasteiger partial charge on any atom is -0.454 e. The van der Waals surface area contributed by atoms with E-state index in [1.807, 2.05) is 18.2 Å². The fourth-order valence-corrected chi connectivity index (χ4v) is 4.37. The Kier molecular flexibility index (Phi) is 4.34. The van der Waals surface area contributed by atoms with E-state index in [2.05, 4.69) is 15.4 Å². The number of alkyl halides is 2. The highest BCUT2D eigenvalue weighted by Gasteiger charge is 2.39. The Hall–Kier alpha value is -3.23. The van der Waals surface area contributed by atoms with Crippen molar-refractivity contribution in [3.05, 3.63) is 53.0 Å². The molecule has 1 amide bonds. The van der Waals surface area contributed by atoms with Crippen LogP contribution in [0.2, 0.25) is 0 Å². The van der Waals surface area contributed by atoms with Crippen molar-refractivity contribution >= 4 is 11.6 Å². The van der Waals surface area contributed by atoms with Crippen LogP contribution in [0.1, 0.15) is 59.4 Å². The lowest BCUT2D eigenvalue weighted by atomic mass is 9.87. The van der Waals surface area contributed by atoms with Crippen LogP contribution in [-0.4, -0.2) is 27.3 Å². The van der Waals surface area contributed by atoms with E-state index in [0.717, 1.165) is 35.8 Å². The number of hydrogen-bond donors (Lipinski definition) is 1. The lowest BCUT2D eigenvalue weighted by Gasteiger charge is -2.31.